The van der Waals surface area contributed by atoms with Gasteiger partial charge in [0.05, 0.1) is 24.4 Å². The van der Waals surface area contributed by atoms with Crippen LogP contribution in [0, 0.1) is 0 Å². The van der Waals surface area contributed by atoms with Gasteiger partial charge in [-0.1, -0.05) is 12.1 Å². The Morgan fingerprint density at radius 1 is 0.905 bits per heavy atom. The molecule has 0 radical (unpaired) electrons. The van der Waals surface area contributed by atoms with Crippen molar-refractivity contribution in [3.8, 4) is 0 Å². The van der Waals surface area contributed by atoms with Crippen molar-refractivity contribution in [2.45, 2.75) is 43.2 Å². The van der Waals surface area contributed by atoms with E-state index in [-0.39, 0.29) is 0 Å². The lowest BCUT2D eigenvalue weighted by molar-refractivity contribution is -0.204. The molecule has 1 aromatic rings. The highest BCUT2D eigenvalue weighted by atomic mass is 19.4. The van der Waals surface area contributed by atoms with E-state index < -0.39 is 23.1 Å². The molecule has 1 spiro atoms. The summed E-state index contributed by atoms with van der Waals surface area (Å²) >= 11 is 0. The quantitative estimate of drug-likeness (QED) is 0.866. The van der Waals surface area contributed by atoms with Crippen LogP contribution in [0.1, 0.15) is 36.8 Å². The third kappa shape index (κ3) is 2.80. The van der Waals surface area contributed by atoms with Gasteiger partial charge in [-0.3, -0.25) is 0 Å². The summed E-state index contributed by atoms with van der Waals surface area (Å²) in [7, 11) is 0. The number of benzene rings is 1. The van der Waals surface area contributed by atoms with Crippen LogP contribution in [0.2, 0.25) is 0 Å². The highest BCUT2D eigenvalue weighted by molar-refractivity contribution is 5.29. The van der Waals surface area contributed by atoms with Gasteiger partial charge in [0.25, 0.3) is 0 Å². The van der Waals surface area contributed by atoms with E-state index in [1.165, 1.54) is 12.1 Å². The fourth-order valence-corrected chi connectivity index (χ4v) is 3.09. The molecule has 0 bridgehead atoms. The lowest BCUT2D eigenvalue weighted by Crippen LogP contribution is -2.42. The Labute approximate surface area is 120 Å². The largest absolute Gasteiger partial charge is 0.416 e. The highest BCUT2D eigenvalue weighted by Gasteiger charge is 2.46. The molecule has 2 aliphatic rings. The van der Waals surface area contributed by atoms with Crippen LogP contribution >= 0.6 is 0 Å². The number of hydrogen-bond acceptors (Lipinski definition) is 3. The second-order valence-electron chi connectivity index (χ2n) is 5.71. The lowest BCUT2D eigenvalue weighted by atomic mass is 9.77. The standard InChI is InChI=1S/C15H17F3O3/c16-15(17,18)12-3-1-11(2-4-12)13(19)5-7-14(8-6-13)20-9-10-21-14/h1-4,19H,5-10H2. The van der Waals surface area contributed by atoms with Gasteiger partial charge in [0.1, 0.15) is 0 Å². The molecule has 6 heteroatoms. The van der Waals surface area contributed by atoms with Crippen molar-refractivity contribution in [1.82, 2.24) is 0 Å². The maximum atomic E-state index is 12.6. The van der Waals surface area contributed by atoms with Gasteiger partial charge in [-0.25, -0.2) is 0 Å². The molecule has 1 aliphatic carbocycles. The van der Waals surface area contributed by atoms with Gasteiger partial charge < -0.3 is 14.6 Å². The van der Waals surface area contributed by atoms with Crippen LogP contribution in [0.25, 0.3) is 0 Å². The first-order valence-electron chi connectivity index (χ1n) is 7.01. The zero-order valence-electron chi connectivity index (χ0n) is 11.4. The molecule has 1 aliphatic heterocycles. The third-order valence-electron chi connectivity index (χ3n) is 4.40. The van der Waals surface area contributed by atoms with E-state index in [1.807, 2.05) is 0 Å². The molecule has 0 unspecified atom stereocenters. The molecule has 3 rings (SSSR count). The summed E-state index contributed by atoms with van der Waals surface area (Å²) in [6.07, 6.45) is -2.44. The highest BCUT2D eigenvalue weighted by Crippen LogP contribution is 2.45. The maximum absolute atomic E-state index is 12.6. The van der Waals surface area contributed by atoms with Gasteiger partial charge in [0, 0.05) is 12.8 Å². The normalized spacial score (nSPS) is 24.4. The van der Waals surface area contributed by atoms with Crippen molar-refractivity contribution in [2.75, 3.05) is 13.2 Å². The molecule has 1 aromatic carbocycles. The molecule has 0 amide bonds. The van der Waals surface area contributed by atoms with Crippen LogP contribution in [0.4, 0.5) is 13.2 Å². The number of halogens is 3. The molecular formula is C15H17F3O3. The molecule has 0 atom stereocenters. The zero-order chi connectivity index (χ0) is 15.1. The van der Waals surface area contributed by atoms with E-state index in [0.29, 0.717) is 44.5 Å². The van der Waals surface area contributed by atoms with Crippen molar-refractivity contribution in [3.63, 3.8) is 0 Å². The minimum atomic E-state index is -4.36. The second-order valence-corrected chi connectivity index (χ2v) is 5.71. The lowest BCUT2D eigenvalue weighted by Gasteiger charge is -2.40. The first kappa shape index (κ1) is 14.8. The number of aliphatic hydroxyl groups is 1. The Bertz CT molecular complexity index is 494. The van der Waals surface area contributed by atoms with Crippen LogP contribution in [0.3, 0.4) is 0 Å². The SMILES string of the molecule is OC1(c2ccc(C(F)(F)F)cc2)CCC2(CC1)OCCO2. The van der Waals surface area contributed by atoms with Crippen molar-refractivity contribution < 1.29 is 27.8 Å². The van der Waals surface area contributed by atoms with Gasteiger partial charge in [0.2, 0.25) is 0 Å². The van der Waals surface area contributed by atoms with Crippen molar-refractivity contribution in [2.24, 2.45) is 0 Å². The maximum Gasteiger partial charge on any atom is 0.416 e. The molecule has 3 nitrogen and oxygen atoms in total. The third-order valence-corrected chi connectivity index (χ3v) is 4.40. The predicted molar refractivity (Wildman–Crippen MR) is 68.4 cm³/mol. The molecule has 21 heavy (non-hydrogen) atoms. The smallest absolute Gasteiger partial charge is 0.385 e. The summed E-state index contributed by atoms with van der Waals surface area (Å²) in [5, 5.41) is 10.7. The summed E-state index contributed by atoms with van der Waals surface area (Å²) in [5.74, 6) is -0.599. The van der Waals surface area contributed by atoms with Gasteiger partial charge in [0.15, 0.2) is 5.79 Å². The van der Waals surface area contributed by atoms with E-state index in [0.717, 1.165) is 12.1 Å². The van der Waals surface area contributed by atoms with E-state index >= 15 is 0 Å². The summed E-state index contributed by atoms with van der Waals surface area (Å²) in [6, 6.07) is 4.74. The van der Waals surface area contributed by atoms with E-state index in [1.54, 1.807) is 0 Å². The molecule has 0 aromatic heterocycles. The number of ether oxygens (including phenoxy) is 2. The Morgan fingerprint density at radius 2 is 1.43 bits per heavy atom. The molecule has 2 fully saturated rings. The average Bonchev–Trinajstić information content (AvgIpc) is 2.91. The molecule has 116 valence electrons. The van der Waals surface area contributed by atoms with Gasteiger partial charge >= 0.3 is 6.18 Å². The number of hydrogen-bond donors (Lipinski definition) is 1. The van der Waals surface area contributed by atoms with Crippen molar-refractivity contribution >= 4 is 0 Å². The fraction of sp³-hybridized carbons (Fsp3) is 0.600. The monoisotopic (exact) mass is 302 g/mol. The van der Waals surface area contributed by atoms with E-state index in [4.69, 9.17) is 9.47 Å². The molecule has 1 saturated heterocycles. The summed E-state index contributed by atoms with van der Waals surface area (Å²) in [5.41, 5.74) is -1.29. The summed E-state index contributed by atoms with van der Waals surface area (Å²) < 4.78 is 48.9. The van der Waals surface area contributed by atoms with Gasteiger partial charge in [-0.05, 0) is 30.5 Å². The Kier molecular flexibility index (Phi) is 3.50. The minimum Gasteiger partial charge on any atom is -0.385 e. The summed E-state index contributed by atoms with van der Waals surface area (Å²) in [4.78, 5) is 0. The number of rotatable bonds is 1. The molecule has 1 heterocycles. The van der Waals surface area contributed by atoms with Crippen LogP contribution in [0.5, 0.6) is 0 Å². The van der Waals surface area contributed by atoms with E-state index in [2.05, 4.69) is 0 Å². The van der Waals surface area contributed by atoms with Gasteiger partial charge in [-0.2, -0.15) is 13.2 Å². The summed E-state index contributed by atoms with van der Waals surface area (Å²) in [6.45, 7) is 1.11. The molecule has 1 saturated carbocycles. The van der Waals surface area contributed by atoms with E-state index in [9.17, 15) is 18.3 Å². The second kappa shape index (κ2) is 4.97. The Hall–Kier alpha value is -1.11. The average molecular weight is 302 g/mol. The molecule has 1 N–H and O–H groups in total. The van der Waals surface area contributed by atoms with Crippen molar-refractivity contribution in [1.29, 1.82) is 0 Å². The van der Waals surface area contributed by atoms with Crippen LogP contribution in [0.15, 0.2) is 24.3 Å². The van der Waals surface area contributed by atoms with Crippen molar-refractivity contribution in [3.05, 3.63) is 35.4 Å². The number of alkyl halides is 3. The Balaban J connectivity index is 1.74. The Morgan fingerprint density at radius 3 is 1.90 bits per heavy atom. The van der Waals surface area contributed by atoms with Crippen LogP contribution < -0.4 is 0 Å². The van der Waals surface area contributed by atoms with Gasteiger partial charge in [-0.15, -0.1) is 0 Å². The topological polar surface area (TPSA) is 38.7 Å². The fourth-order valence-electron chi connectivity index (χ4n) is 3.09. The minimum absolute atomic E-state index is 0.415. The van der Waals surface area contributed by atoms with Crippen LogP contribution in [-0.4, -0.2) is 24.1 Å². The first-order valence-corrected chi connectivity index (χ1v) is 7.01. The first-order chi connectivity index (χ1) is 9.83. The van der Waals surface area contributed by atoms with Crippen LogP contribution in [-0.2, 0) is 21.3 Å². The molecular weight excluding hydrogens is 285 g/mol. The zero-order valence-corrected chi connectivity index (χ0v) is 11.4. The predicted octanol–water partition coefficient (Wildman–Crippen LogP) is 3.21.